The number of hydrogen-bond donors (Lipinski definition) is 1. The van der Waals surface area contributed by atoms with Gasteiger partial charge in [0, 0.05) is 35.3 Å². The average molecular weight is 445 g/mol. The van der Waals surface area contributed by atoms with Crippen LogP contribution in [0.4, 0.5) is 5.69 Å². The monoisotopic (exact) mass is 444 g/mol. The van der Waals surface area contributed by atoms with E-state index in [1.807, 2.05) is 6.92 Å². The molecule has 162 valence electrons. The molecule has 3 aromatic rings. The van der Waals surface area contributed by atoms with Crippen molar-refractivity contribution in [3.63, 3.8) is 0 Å². The Kier molecular flexibility index (Phi) is 6.50. The third-order valence-electron chi connectivity index (χ3n) is 4.80. The lowest BCUT2D eigenvalue weighted by molar-refractivity contribution is 0.0601. The maximum Gasteiger partial charge on any atom is 0.340 e. The summed E-state index contributed by atoms with van der Waals surface area (Å²) in [5, 5.41) is 3.33. The summed E-state index contributed by atoms with van der Waals surface area (Å²) in [5.41, 5.74) is 0.258. The summed E-state index contributed by atoms with van der Waals surface area (Å²) in [6.07, 6.45) is 1.48. The number of rotatable bonds is 6. The van der Waals surface area contributed by atoms with Crippen LogP contribution in [0, 0.1) is 0 Å². The Morgan fingerprint density at radius 2 is 1.71 bits per heavy atom. The first-order valence-corrected chi connectivity index (χ1v) is 9.70. The van der Waals surface area contributed by atoms with Crippen LogP contribution in [0.1, 0.15) is 27.6 Å². The first-order valence-electron chi connectivity index (χ1n) is 9.33. The molecule has 2 aromatic carbocycles. The van der Waals surface area contributed by atoms with E-state index in [1.54, 1.807) is 16.7 Å². The van der Waals surface area contributed by atoms with Crippen LogP contribution >= 0.6 is 11.6 Å². The third-order valence-corrected chi connectivity index (χ3v) is 5.04. The number of pyridine rings is 1. The first-order chi connectivity index (χ1) is 14.8. The number of anilines is 1. The smallest absolute Gasteiger partial charge is 0.340 e. The number of methoxy groups -OCH3 is 3. The number of esters is 1. The van der Waals surface area contributed by atoms with Crippen molar-refractivity contribution in [2.45, 2.75) is 13.5 Å². The molecule has 31 heavy (non-hydrogen) atoms. The van der Waals surface area contributed by atoms with E-state index in [1.165, 1.54) is 45.7 Å². The molecule has 3 rings (SSSR count). The fourth-order valence-electron chi connectivity index (χ4n) is 3.24. The molecule has 0 fully saturated rings. The molecule has 0 spiro atoms. The molecule has 0 aliphatic carbocycles. The molecule has 0 radical (unpaired) electrons. The van der Waals surface area contributed by atoms with Crippen LogP contribution < -0.4 is 20.2 Å². The van der Waals surface area contributed by atoms with E-state index in [-0.39, 0.29) is 22.6 Å². The minimum Gasteiger partial charge on any atom is -0.493 e. The molecule has 0 saturated carbocycles. The summed E-state index contributed by atoms with van der Waals surface area (Å²) in [7, 11) is 4.07. The number of carbonyl (C=O) groups is 2. The van der Waals surface area contributed by atoms with Crippen molar-refractivity contribution < 1.29 is 23.8 Å². The Balaban J connectivity index is 2.13. The van der Waals surface area contributed by atoms with Crippen molar-refractivity contribution >= 4 is 40.1 Å². The summed E-state index contributed by atoms with van der Waals surface area (Å²) < 4.78 is 17.0. The summed E-state index contributed by atoms with van der Waals surface area (Å²) in [5.74, 6) is -0.796. The second-order valence-electron chi connectivity index (χ2n) is 6.52. The predicted octanol–water partition coefficient (Wildman–Crippen LogP) is 3.73. The van der Waals surface area contributed by atoms with Gasteiger partial charge in [0.05, 0.1) is 38.1 Å². The van der Waals surface area contributed by atoms with Crippen molar-refractivity contribution in [1.29, 1.82) is 0 Å². The van der Waals surface area contributed by atoms with Gasteiger partial charge in [-0.1, -0.05) is 11.6 Å². The molecule has 0 aliphatic rings. The van der Waals surface area contributed by atoms with Gasteiger partial charge < -0.3 is 24.1 Å². The number of halogens is 1. The van der Waals surface area contributed by atoms with Crippen LogP contribution in [0.5, 0.6) is 11.5 Å². The Morgan fingerprint density at radius 3 is 2.32 bits per heavy atom. The Morgan fingerprint density at radius 1 is 1.03 bits per heavy atom. The van der Waals surface area contributed by atoms with Gasteiger partial charge in [0.1, 0.15) is 5.56 Å². The van der Waals surface area contributed by atoms with Crippen LogP contribution in [-0.2, 0) is 11.3 Å². The molecule has 0 unspecified atom stereocenters. The minimum atomic E-state index is -0.688. The highest BCUT2D eigenvalue weighted by molar-refractivity contribution is 6.31. The molecule has 0 aliphatic heterocycles. The van der Waals surface area contributed by atoms with Crippen molar-refractivity contribution in [2.24, 2.45) is 0 Å². The van der Waals surface area contributed by atoms with Crippen molar-refractivity contribution in [1.82, 2.24) is 4.57 Å². The van der Waals surface area contributed by atoms with E-state index < -0.39 is 17.3 Å². The maximum absolute atomic E-state index is 13.1. The van der Waals surface area contributed by atoms with Crippen molar-refractivity contribution in [3.05, 3.63) is 62.9 Å². The second kappa shape index (κ2) is 9.09. The van der Waals surface area contributed by atoms with E-state index >= 15 is 0 Å². The van der Waals surface area contributed by atoms with Gasteiger partial charge in [-0.25, -0.2) is 4.79 Å². The Labute approximate surface area is 183 Å². The van der Waals surface area contributed by atoms with Gasteiger partial charge in [-0.15, -0.1) is 0 Å². The van der Waals surface area contributed by atoms with E-state index in [4.69, 9.17) is 25.8 Å². The Hall–Kier alpha value is -3.52. The second-order valence-corrected chi connectivity index (χ2v) is 6.95. The van der Waals surface area contributed by atoms with Crippen LogP contribution in [0.3, 0.4) is 0 Å². The average Bonchev–Trinajstić information content (AvgIpc) is 2.78. The first kappa shape index (κ1) is 22.2. The quantitative estimate of drug-likeness (QED) is 0.582. The van der Waals surface area contributed by atoms with Gasteiger partial charge in [-0.2, -0.15) is 0 Å². The van der Waals surface area contributed by atoms with Crippen LogP contribution in [0.25, 0.3) is 10.9 Å². The van der Waals surface area contributed by atoms with E-state index in [0.717, 1.165) is 0 Å². The van der Waals surface area contributed by atoms with E-state index in [0.29, 0.717) is 28.2 Å². The third kappa shape index (κ3) is 4.20. The number of ether oxygens (including phenoxy) is 3. The lowest BCUT2D eigenvalue weighted by Gasteiger charge is -2.15. The largest absolute Gasteiger partial charge is 0.493 e. The van der Waals surface area contributed by atoms with Gasteiger partial charge in [0.25, 0.3) is 5.91 Å². The van der Waals surface area contributed by atoms with Gasteiger partial charge in [-0.05, 0) is 25.1 Å². The number of aromatic nitrogens is 1. The van der Waals surface area contributed by atoms with Gasteiger partial charge in [-0.3, -0.25) is 9.59 Å². The fourth-order valence-corrected chi connectivity index (χ4v) is 3.42. The lowest BCUT2D eigenvalue weighted by Crippen LogP contribution is -2.24. The van der Waals surface area contributed by atoms with Gasteiger partial charge in [0.2, 0.25) is 5.43 Å². The number of carbonyl (C=O) groups excluding carboxylic acids is 2. The zero-order chi connectivity index (χ0) is 22.7. The molecule has 8 nitrogen and oxygen atoms in total. The van der Waals surface area contributed by atoms with Gasteiger partial charge in [0.15, 0.2) is 11.5 Å². The summed E-state index contributed by atoms with van der Waals surface area (Å²) in [6, 6.07) is 7.76. The number of aryl methyl sites for hydroxylation is 1. The molecule has 1 heterocycles. The molecule has 1 aromatic heterocycles. The van der Waals surface area contributed by atoms with Crippen molar-refractivity contribution in [3.8, 4) is 11.5 Å². The number of benzene rings is 2. The van der Waals surface area contributed by atoms with E-state index in [2.05, 4.69) is 5.32 Å². The number of hydrogen-bond acceptors (Lipinski definition) is 6. The summed E-state index contributed by atoms with van der Waals surface area (Å²) >= 11 is 6.06. The number of amides is 1. The standard InChI is InChI=1S/C22H21ClN2O6/c1-5-25-11-15(20(26)14-8-12(23)6-7-17(14)25)21(27)24-16-10-19(30-3)18(29-2)9-13(16)22(28)31-4/h6-11H,5H2,1-4H3,(H,24,27). The Bertz CT molecular complexity index is 1230. The van der Waals surface area contributed by atoms with Crippen molar-refractivity contribution in [2.75, 3.05) is 26.6 Å². The predicted molar refractivity (Wildman–Crippen MR) is 118 cm³/mol. The van der Waals surface area contributed by atoms with Crippen LogP contribution in [0.2, 0.25) is 5.02 Å². The van der Waals surface area contributed by atoms with E-state index in [9.17, 15) is 14.4 Å². The molecule has 1 amide bonds. The molecular weight excluding hydrogens is 424 g/mol. The molecule has 0 bridgehead atoms. The van der Waals surface area contributed by atoms with Gasteiger partial charge >= 0.3 is 5.97 Å². The summed E-state index contributed by atoms with van der Waals surface area (Å²) in [6.45, 7) is 2.42. The molecule has 0 atom stereocenters. The zero-order valence-corrected chi connectivity index (χ0v) is 18.2. The van der Waals surface area contributed by atoms with Crippen LogP contribution in [0.15, 0.2) is 41.3 Å². The lowest BCUT2D eigenvalue weighted by atomic mass is 10.1. The fraction of sp³-hybridized carbons (Fsp3) is 0.227. The number of nitrogens with zero attached hydrogens (tertiary/aromatic N) is 1. The highest BCUT2D eigenvalue weighted by Crippen LogP contribution is 2.34. The molecular formula is C22H21ClN2O6. The zero-order valence-electron chi connectivity index (χ0n) is 17.4. The minimum absolute atomic E-state index is 0.0492. The highest BCUT2D eigenvalue weighted by atomic mass is 35.5. The SMILES string of the molecule is CCn1cc(C(=O)Nc2cc(OC)c(OC)cc2C(=O)OC)c(=O)c2cc(Cl)ccc21. The molecule has 9 heteroatoms. The molecule has 0 saturated heterocycles. The molecule has 1 N–H and O–H groups in total. The van der Waals surface area contributed by atoms with Crippen LogP contribution in [-0.4, -0.2) is 37.8 Å². The topological polar surface area (TPSA) is 95.9 Å². The highest BCUT2D eigenvalue weighted by Gasteiger charge is 2.22. The summed E-state index contributed by atoms with van der Waals surface area (Å²) in [4.78, 5) is 38.3. The maximum atomic E-state index is 13.1. The normalized spacial score (nSPS) is 10.6. The number of fused-ring (bicyclic) bond motifs is 1. The number of nitrogens with one attached hydrogen (secondary N) is 1.